The molecule has 9 nitrogen and oxygen atoms in total. The lowest BCUT2D eigenvalue weighted by Gasteiger charge is -2.21. The summed E-state index contributed by atoms with van der Waals surface area (Å²) in [7, 11) is -4.56. The number of alkyl carbamates (subject to hydrolysis) is 1. The van der Waals surface area contributed by atoms with Crippen molar-refractivity contribution in [1.82, 2.24) is 5.32 Å². The van der Waals surface area contributed by atoms with Crippen LogP contribution in [0, 0.1) is 0 Å². The molecule has 0 aliphatic rings. The van der Waals surface area contributed by atoms with Crippen molar-refractivity contribution < 1.29 is 32.4 Å². The zero-order chi connectivity index (χ0) is 19.4. The topological polar surface area (TPSA) is 142 Å². The molecule has 0 aliphatic heterocycles. The third-order valence-electron chi connectivity index (χ3n) is 2.91. The highest BCUT2D eigenvalue weighted by Gasteiger charge is 2.22. The van der Waals surface area contributed by atoms with Gasteiger partial charge in [0, 0.05) is 5.69 Å². The predicted octanol–water partition coefficient (Wildman–Crippen LogP) is 1.28. The van der Waals surface area contributed by atoms with Gasteiger partial charge in [-0.15, -0.1) is 0 Å². The molecule has 4 N–H and O–H groups in total. The van der Waals surface area contributed by atoms with Crippen molar-refractivity contribution in [3.8, 4) is 0 Å². The van der Waals surface area contributed by atoms with Crippen molar-refractivity contribution >= 4 is 27.8 Å². The highest BCUT2D eigenvalue weighted by Crippen LogP contribution is 2.21. The second-order valence-corrected chi connectivity index (χ2v) is 7.70. The van der Waals surface area contributed by atoms with Gasteiger partial charge in [0.15, 0.2) is 0 Å². The zero-order valence-electron chi connectivity index (χ0n) is 14.4. The van der Waals surface area contributed by atoms with E-state index in [1.165, 1.54) is 19.1 Å². The van der Waals surface area contributed by atoms with E-state index < -0.39 is 45.3 Å². The Morgan fingerprint density at radius 3 is 2.36 bits per heavy atom. The largest absolute Gasteiger partial charge is 0.444 e. The molecular formula is C15H22N2O7S. The quantitative estimate of drug-likeness (QED) is 0.569. The number of aliphatic hydroxyl groups is 1. The average molecular weight is 374 g/mol. The van der Waals surface area contributed by atoms with Crippen molar-refractivity contribution in [3.05, 3.63) is 23.8 Å². The number of aliphatic hydroxyl groups excluding tert-OH is 1. The molecule has 1 aromatic rings. The second-order valence-electron chi connectivity index (χ2n) is 6.31. The smallest absolute Gasteiger partial charge is 0.408 e. The van der Waals surface area contributed by atoms with Crippen LogP contribution in [0.15, 0.2) is 23.1 Å². The summed E-state index contributed by atoms with van der Waals surface area (Å²) in [4.78, 5) is 23.2. The lowest BCUT2D eigenvalue weighted by Crippen LogP contribution is -2.44. The van der Waals surface area contributed by atoms with Gasteiger partial charge in [-0.3, -0.25) is 9.35 Å². The van der Waals surface area contributed by atoms with Gasteiger partial charge in [0.25, 0.3) is 10.1 Å². The number of carbonyl (C=O) groups is 2. The molecule has 0 spiro atoms. The first kappa shape index (κ1) is 20.9. The molecule has 0 saturated carbocycles. The number of nitrogens with one attached hydrogen (secondary N) is 2. The van der Waals surface area contributed by atoms with E-state index in [-0.39, 0.29) is 11.3 Å². The van der Waals surface area contributed by atoms with Crippen LogP contribution in [0.25, 0.3) is 0 Å². The van der Waals surface area contributed by atoms with Crippen LogP contribution in [0.4, 0.5) is 10.5 Å². The summed E-state index contributed by atoms with van der Waals surface area (Å²) >= 11 is 0. The van der Waals surface area contributed by atoms with Crippen molar-refractivity contribution in [1.29, 1.82) is 0 Å². The monoisotopic (exact) mass is 374 g/mol. The predicted molar refractivity (Wildman–Crippen MR) is 89.6 cm³/mol. The van der Waals surface area contributed by atoms with Crippen LogP contribution in [0.5, 0.6) is 0 Å². The summed E-state index contributed by atoms with van der Waals surface area (Å²) in [5.41, 5.74) is -0.654. The number of ether oxygens (including phenoxy) is 1. The summed E-state index contributed by atoms with van der Waals surface area (Å²) in [6.45, 7) is 5.86. The minimum absolute atomic E-state index is 0.0135. The zero-order valence-corrected chi connectivity index (χ0v) is 15.2. The summed E-state index contributed by atoms with van der Waals surface area (Å²) < 4.78 is 36.8. The van der Waals surface area contributed by atoms with Crippen molar-refractivity contribution in [2.75, 3.05) is 5.32 Å². The van der Waals surface area contributed by atoms with Gasteiger partial charge in [0.2, 0.25) is 5.91 Å². The molecule has 2 amide bonds. The molecule has 10 heteroatoms. The third kappa shape index (κ3) is 6.69. The highest BCUT2D eigenvalue weighted by atomic mass is 32.2. The Balaban J connectivity index is 2.85. The van der Waals surface area contributed by atoms with Gasteiger partial charge in [-0.25, -0.2) is 4.79 Å². The molecule has 1 aromatic carbocycles. The molecule has 0 fully saturated rings. The molecule has 1 rings (SSSR count). The van der Waals surface area contributed by atoms with E-state index in [2.05, 4.69) is 10.6 Å². The maximum atomic E-state index is 12.1. The summed E-state index contributed by atoms with van der Waals surface area (Å²) in [6.07, 6.45) is -0.774. The molecule has 1 atom stereocenters. The molecule has 0 aromatic heterocycles. The van der Waals surface area contributed by atoms with Crippen molar-refractivity contribution in [3.63, 3.8) is 0 Å². The van der Waals surface area contributed by atoms with E-state index in [1.807, 2.05) is 0 Å². The van der Waals surface area contributed by atoms with Gasteiger partial charge in [-0.1, -0.05) is 6.07 Å². The van der Waals surface area contributed by atoms with E-state index in [0.717, 1.165) is 6.07 Å². The maximum Gasteiger partial charge on any atom is 0.408 e. The first-order chi connectivity index (χ1) is 11.3. The normalized spacial score (nSPS) is 13.0. The van der Waals surface area contributed by atoms with Crippen LogP contribution in [-0.4, -0.2) is 41.7 Å². The maximum absolute atomic E-state index is 12.1. The molecule has 0 aliphatic carbocycles. The Kier molecular flexibility index (Phi) is 6.52. The van der Waals surface area contributed by atoms with Crippen LogP contribution < -0.4 is 10.6 Å². The molecule has 0 heterocycles. The van der Waals surface area contributed by atoms with Gasteiger partial charge in [-0.2, -0.15) is 8.42 Å². The minimum Gasteiger partial charge on any atom is -0.444 e. The first-order valence-electron chi connectivity index (χ1n) is 7.35. The number of benzene rings is 1. The lowest BCUT2D eigenvalue weighted by molar-refractivity contribution is -0.117. The molecule has 140 valence electrons. The Morgan fingerprint density at radius 1 is 1.28 bits per heavy atom. The number of rotatable bonds is 5. The van der Waals surface area contributed by atoms with Gasteiger partial charge < -0.3 is 20.5 Å². The Labute approximate surface area is 146 Å². The Morgan fingerprint density at radius 2 is 1.88 bits per heavy atom. The molecule has 25 heavy (non-hydrogen) atoms. The molecule has 0 radical (unpaired) electrons. The second kappa shape index (κ2) is 7.81. The third-order valence-corrected chi connectivity index (χ3v) is 3.85. The van der Waals surface area contributed by atoms with Crippen LogP contribution >= 0.6 is 0 Å². The highest BCUT2D eigenvalue weighted by molar-refractivity contribution is 7.85. The molecular weight excluding hydrogens is 352 g/mol. The number of amides is 2. The fourth-order valence-electron chi connectivity index (χ4n) is 1.80. The van der Waals surface area contributed by atoms with Gasteiger partial charge in [0.05, 0.1) is 6.61 Å². The summed E-state index contributed by atoms with van der Waals surface area (Å²) in [5, 5.41) is 13.9. The van der Waals surface area contributed by atoms with Gasteiger partial charge in [-0.05, 0) is 45.4 Å². The van der Waals surface area contributed by atoms with E-state index >= 15 is 0 Å². The Bertz CT molecular complexity index is 754. The fraction of sp³-hybridized carbons (Fsp3) is 0.467. The van der Waals surface area contributed by atoms with E-state index in [4.69, 9.17) is 9.84 Å². The first-order valence-corrected chi connectivity index (χ1v) is 8.79. The van der Waals surface area contributed by atoms with Crippen LogP contribution in [0.3, 0.4) is 0 Å². The van der Waals surface area contributed by atoms with Crippen LogP contribution in [-0.2, 0) is 26.3 Å². The van der Waals surface area contributed by atoms with Gasteiger partial charge in [0.1, 0.15) is 16.5 Å². The van der Waals surface area contributed by atoms with Crippen LogP contribution in [0.2, 0.25) is 0 Å². The van der Waals surface area contributed by atoms with E-state index in [9.17, 15) is 22.6 Å². The average Bonchev–Trinajstić information content (AvgIpc) is 2.44. The number of hydrogen-bond donors (Lipinski definition) is 4. The molecule has 0 unspecified atom stereocenters. The summed E-state index contributed by atoms with van der Waals surface area (Å²) in [6, 6.07) is 2.67. The van der Waals surface area contributed by atoms with E-state index in [0.29, 0.717) is 0 Å². The fourth-order valence-corrected chi connectivity index (χ4v) is 2.54. The van der Waals surface area contributed by atoms with E-state index in [1.54, 1.807) is 20.8 Å². The molecule has 0 saturated heterocycles. The number of carbonyl (C=O) groups excluding carboxylic acids is 2. The van der Waals surface area contributed by atoms with Crippen LogP contribution in [0.1, 0.15) is 33.3 Å². The number of hydrogen-bond acceptors (Lipinski definition) is 6. The molecule has 0 bridgehead atoms. The standard InChI is InChI=1S/C15H22N2O7S/c1-9(16-14(20)24-15(2,3)4)13(19)17-11-6-5-10(8-18)12(7-11)25(21,22)23/h5-7,9,18H,8H2,1-4H3,(H,16,20)(H,17,19)(H,21,22,23)/t9-/m0/s1. The van der Waals surface area contributed by atoms with Crippen molar-refractivity contribution in [2.24, 2.45) is 0 Å². The number of anilines is 1. The van der Waals surface area contributed by atoms with Gasteiger partial charge >= 0.3 is 6.09 Å². The summed E-state index contributed by atoms with van der Waals surface area (Å²) in [5.74, 6) is -0.621. The Hall–Kier alpha value is -2.17. The lowest BCUT2D eigenvalue weighted by atomic mass is 10.2. The van der Waals surface area contributed by atoms with Crippen molar-refractivity contribution in [2.45, 2.75) is 50.8 Å². The minimum atomic E-state index is -4.56. The SMILES string of the molecule is C[C@H](NC(=O)OC(C)(C)C)C(=O)Nc1ccc(CO)c(S(=O)(=O)O)c1.